The van der Waals surface area contributed by atoms with Crippen LogP contribution in [0.15, 0.2) is 72.8 Å². The molecule has 0 heterocycles. The van der Waals surface area contributed by atoms with Crippen molar-refractivity contribution in [3.05, 3.63) is 89.5 Å². The monoisotopic (exact) mass is 469 g/mol. The van der Waals surface area contributed by atoms with E-state index in [1.54, 1.807) is 6.07 Å². The van der Waals surface area contributed by atoms with E-state index >= 15 is 0 Å². The van der Waals surface area contributed by atoms with Crippen molar-refractivity contribution < 1.29 is 19.7 Å². The van der Waals surface area contributed by atoms with Gasteiger partial charge in [0.15, 0.2) is 0 Å². The molecule has 0 unspecified atom stereocenters. The summed E-state index contributed by atoms with van der Waals surface area (Å²) in [7, 11) is 0. The van der Waals surface area contributed by atoms with Gasteiger partial charge in [0.25, 0.3) is 0 Å². The maximum absolute atomic E-state index is 11.5. The highest BCUT2D eigenvalue weighted by atomic mass is 35.5. The summed E-state index contributed by atoms with van der Waals surface area (Å²) in [6.45, 7) is 5.76. The molecule has 1 atom stereocenters. The van der Waals surface area contributed by atoms with Crippen molar-refractivity contribution in [3.63, 3.8) is 0 Å². The molecule has 3 rings (SSSR count). The number of hydrogen-bond acceptors (Lipinski definition) is 4. The molecule has 3 aromatic carbocycles. The molecule has 0 aromatic heterocycles. The smallest absolute Gasteiger partial charge is 0.335 e. The first-order chi connectivity index (χ1) is 15.4. The van der Waals surface area contributed by atoms with Crippen molar-refractivity contribution in [2.75, 3.05) is 19.7 Å². The first-order valence-corrected chi connectivity index (χ1v) is 11.0. The van der Waals surface area contributed by atoms with Gasteiger partial charge in [-0.2, -0.15) is 0 Å². The van der Waals surface area contributed by atoms with Crippen LogP contribution in [0.3, 0.4) is 0 Å². The van der Waals surface area contributed by atoms with Gasteiger partial charge in [-0.15, -0.1) is 12.4 Å². The molecule has 0 amide bonds. The van der Waals surface area contributed by atoms with Crippen molar-refractivity contribution >= 4 is 18.4 Å². The molecule has 0 saturated heterocycles. The van der Waals surface area contributed by atoms with Crippen LogP contribution in [0.4, 0.5) is 0 Å². The fraction of sp³-hybridized carbons (Fsp3) is 0.296. The van der Waals surface area contributed by atoms with Crippen LogP contribution < -0.4 is 10.1 Å². The fourth-order valence-electron chi connectivity index (χ4n) is 3.61. The zero-order valence-corrected chi connectivity index (χ0v) is 19.8. The number of hydrogen-bond donors (Lipinski definition) is 3. The molecule has 3 aromatic rings. The third-order valence-electron chi connectivity index (χ3n) is 5.22. The lowest BCUT2D eigenvalue weighted by atomic mass is 9.93. The lowest BCUT2D eigenvalue weighted by Crippen LogP contribution is -2.26. The third-order valence-corrected chi connectivity index (χ3v) is 5.22. The minimum Gasteiger partial charge on any atom is -0.492 e. The van der Waals surface area contributed by atoms with Crippen LogP contribution in [-0.2, 0) is 6.42 Å². The van der Waals surface area contributed by atoms with Gasteiger partial charge in [-0.05, 0) is 52.8 Å². The quantitative estimate of drug-likeness (QED) is 0.329. The summed E-state index contributed by atoms with van der Waals surface area (Å²) in [5, 5.41) is 22.8. The second kappa shape index (κ2) is 13.0. The van der Waals surface area contributed by atoms with Gasteiger partial charge in [-0.1, -0.05) is 68.4 Å². The van der Waals surface area contributed by atoms with E-state index in [1.807, 2.05) is 66.7 Å². The third kappa shape index (κ3) is 7.90. The second-order valence-electron chi connectivity index (χ2n) is 8.28. The molecule has 5 nitrogen and oxygen atoms in total. The van der Waals surface area contributed by atoms with Crippen molar-refractivity contribution in [1.29, 1.82) is 0 Å². The number of benzene rings is 3. The average molecular weight is 470 g/mol. The predicted molar refractivity (Wildman–Crippen MR) is 134 cm³/mol. The highest BCUT2D eigenvalue weighted by molar-refractivity contribution is 5.90. The molecule has 6 heteroatoms. The Bertz CT molecular complexity index is 1010. The summed E-state index contributed by atoms with van der Waals surface area (Å²) in [5.74, 6) is 0.256. The van der Waals surface area contributed by atoms with Crippen LogP contribution in [0.1, 0.15) is 41.4 Å². The Morgan fingerprint density at radius 1 is 0.970 bits per heavy atom. The molecule has 0 aliphatic heterocycles. The largest absolute Gasteiger partial charge is 0.492 e. The van der Waals surface area contributed by atoms with Gasteiger partial charge in [-0.25, -0.2) is 4.79 Å². The van der Waals surface area contributed by atoms with Crippen LogP contribution in [0.5, 0.6) is 5.75 Å². The molecule has 0 fully saturated rings. The highest BCUT2D eigenvalue weighted by Gasteiger charge is 2.13. The van der Waals surface area contributed by atoms with E-state index in [0.717, 1.165) is 34.4 Å². The second-order valence-corrected chi connectivity index (χ2v) is 8.28. The van der Waals surface area contributed by atoms with E-state index in [-0.39, 0.29) is 12.4 Å². The molecular weight excluding hydrogens is 438 g/mol. The summed E-state index contributed by atoms with van der Waals surface area (Å²) in [5.41, 5.74) is 4.13. The van der Waals surface area contributed by atoms with E-state index in [9.17, 15) is 15.0 Å². The van der Waals surface area contributed by atoms with E-state index in [0.29, 0.717) is 31.2 Å². The van der Waals surface area contributed by atoms with E-state index in [2.05, 4.69) is 19.2 Å². The number of nitrogens with one attached hydrogen (secondary N) is 1. The molecule has 176 valence electrons. The van der Waals surface area contributed by atoms with Crippen LogP contribution in [0.25, 0.3) is 11.1 Å². The van der Waals surface area contributed by atoms with Crippen LogP contribution in [-0.4, -0.2) is 35.9 Å². The van der Waals surface area contributed by atoms with Gasteiger partial charge in [-0.3, -0.25) is 0 Å². The standard InChI is InChI=1S/C27H31NO4.ClH/c1-19(2)16-23-17-22(10-13-25(23)27(30)31)20-8-11-24(12-9-20)32-15-14-28-18-26(29)21-6-4-3-5-7-21;/h3-13,17,19,26,28-29H,14-16,18H2,1-2H3,(H,30,31);1H/t26-;/m1./s1. The Balaban J connectivity index is 0.00000385. The van der Waals surface area contributed by atoms with Crippen molar-refractivity contribution in [3.8, 4) is 16.9 Å². The zero-order chi connectivity index (χ0) is 22.9. The molecule has 0 radical (unpaired) electrons. The van der Waals surface area contributed by atoms with Gasteiger partial charge in [0, 0.05) is 13.1 Å². The molecule has 0 aliphatic rings. The highest BCUT2D eigenvalue weighted by Crippen LogP contribution is 2.26. The number of carboxylic acids is 1. The molecular formula is C27H32ClNO4. The average Bonchev–Trinajstić information content (AvgIpc) is 2.79. The Kier molecular flexibility index (Phi) is 10.4. The van der Waals surface area contributed by atoms with Gasteiger partial charge >= 0.3 is 5.97 Å². The van der Waals surface area contributed by atoms with E-state index < -0.39 is 12.1 Å². The number of aliphatic hydroxyl groups excluding tert-OH is 1. The Hall–Kier alpha value is -2.86. The topological polar surface area (TPSA) is 78.8 Å². The summed E-state index contributed by atoms with van der Waals surface area (Å²) < 4.78 is 5.79. The number of aromatic carboxylic acids is 1. The van der Waals surface area contributed by atoms with E-state index in [1.165, 1.54) is 0 Å². The Morgan fingerprint density at radius 2 is 1.64 bits per heavy atom. The van der Waals surface area contributed by atoms with E-state index in [4.69, 9.17) is 4.74 Å². The van der Waals surface area contributed by atoms with Gasteiger partial charge < -0.3 is 20.3 Å². The number of ether oxygens (including phenoxy) is 1. The predicted octanol–water partition coefficient (Wildman–Crippen LogP) is 5.37. The fourth-order valence-corrected chi connectivity index (χ4v) is 3.61. The van der Waals surface area contributed by atoms with Crippen LogP contribution in [0, 0.1) is 5.92 Å². The summed E-state index contributed by atoms with van der Waals surface area (Å²) in [4.78, 5) is 11.5. The van der Waals surface area contributed by atoms with Crippen molar-refractivity contribution in [2.24, 2.45) is 5.92 Å². The summed E-state index contributed by atoms with van der Waals surface area (Å²) in [6, 6.07) is 22.9. The Labute approximate surface area is 201 Å². The zero-order valence-electron chi connectivity index (χ0n) is 19.0. The van der Waals surface area contributed by atoms with Gasteiger partial charge in [0.1, 0.15) is 12.4 Å². The molecule has 0 spiro atoms. The first kappa shape index (κ1) is 26.4. The van der Waals surface area contributed by atoms with Crippen molar-refractivity contribution in [1.82, 2.24) is 5.32 Å². The maximum atomic E-state index is 11.5. The number of rotatable bonds is 11. The number of aliphatic hydroxyl groups is 1. The SMILES string of the molecule is CC(C)Cc1cc(-c2ccc(OCCNC[C@@H](O)c3ccccc3)cc2)ccc1C(=O)O.Cl. The summed E-state index contributed by atoms with van der Waals surface area (Å²) >= 11 is 0. The lowest BCUT2D eigenvalue weighted by Gasteiger charge is -2.13. The number of carboxylic acid groups (broad SMARTS) is 1. The normalized spacial score (nSPS) is 11.6. The minimum absolute atomic E-state index is 0. The van der Waals surface area contributed by atoms with Gasteiger partial charge in [0.05, 0.1) is 11.7 Å². The minimum atomic E-state index is -0.888. The van der Waals surface area contributed by atoms with Crippen LogP contribution in [0.2, 0.25) is 0 Å². The summed E-state index contributed by atoms with van der Waals surface area (Å²) in [6.07, 6.45) is 0.186. The first-order valence-electron chi connectivity index (χ1n) is 11.0. The Morgan fingerprint density at radius 3 is 2.27 bits per heavy atom. The molecule has 0 saturated carbocycles. The van der Waals surface area contributed by atoms with Gasteiger partial charge in [0.2, 0.25) is 0 Å². The number of halogens is 1. The molecule has 33 heavy (non-hydrogen) atoms. The maximum Gasteiger partial charge on any atom is 0.335 e. The molecule has 3 N–H and O–H groups in total. The lowest BCUT2D eigenvalue weighted by molar-refractivity contribution is 0.0695. The van der Waals surface area contributed by atoms with Crippen LogP contribution >= 0.6 is 12.4 Å². The molecule has 0 bridgehead atoms. The number of carbonyl (C=O) groups is 1. The van der Waals surface area contributed by atoms with Crippen molar-refractivity contribution in [2.45, 2.75) is 26.4 Å². The molecule has 0 aliphatic carbocycles.